The van der Waals surface area contributed by atoms with Gasteiger partial charge in [0.15, 0.2) is 11.5 Å². The van der Waals surface area contributed by atoms with Crippen LogP contribution in [-0.4, -0.2) is 31.9 Å². The van der Waals surface area contributed by atoms with E-state index in [1.54, 1.807) is 7.11 Å². The summed E-state index contributed by atoms with van der Waals surface area (Å²) in [7, 11) is 1.73. The van der Waals surface area contributed by atoms with Gasteiger partial charge in [0, 0.05) is 19.1 Å². The average molecular weight is 313 g/mol. The first kappa shape index (κ1) is 14.6. The highest BCUT2D eigenvalue weighted by molar-refractivity contribution is 5.51. The molecule has 0 N–H and O–H groups in total. The number of nitrogens with zero attached hydrogens (tertiary/aromatic N) is 1. The lowest BCUT2D eigenvalue weighted by Gasteiger charge is -2.41. The summed E-state index contributed by atoms with van der Waals surface area (Å²) in [4.78, 5) is 2.58. The van der Waals surface area contributed by atoms with Gasteiger partial charge < -0.3 is 14.2 Å². The molecule has 0 spiro atoms. The summed E-state index contributed by atoms with van der Waals surface area (Å²) in [5.74, 6) is 2.76. The molecule has 0 radical (unpaired) electrons. The van der Waals surface area contributed by atoms with Crippen molar-refractivity contribution in [1.29, 1.82) is 0 Å². The Morgan fingerprint density at radius 3 is 2.87 bits per heavy atom. The van der Waals surface area contributed by atoms with Crippen LogP contribution >= 0.6 is 0 Å². The van der Waals surface area contributed by atoms with Crippen LogP contribution < -0.4 is 9.47 Å². The molecule has 4 heteroatoms. The van der Waals surface area contributed by atoms with E-state index in [0.29, 0.717) is 12.8 Å². The van der Waals surface area contributed by atoms with Crippen molar-refractivity contribution in [2.75, 3.05) is 27.0 Å². The van der Waals surface area contributed by atoms with Gasteiger partial charge in [-0.05, 0) is 61.6 Å². The molecule has 4 nitrogen and oxygen atoms in total. The van der Waals surface area contributed by atoms with E-state index in [9.17, 15) is 0 Å². The van der Waals surface area contributed by atoms with Crippen LogP contribution in [0.1, 0.15) is 37.4 Å². The molecule has 3 heterocycles. The van der Waals surface area contributed by atoms with Gasteiger partial charge in [-0.25, -0.2) is 0 Å². The second-order valence-electron chi connectivity index (χ2n) is 6.61. The Balaban J connectivity index is 1.70. The van der Waals surface area contributed by atoms with Gasteiger partial charge in [0.05, 0.1) is 12.9 Å². The molecule has 0 saturated carbocycles. The van der Waals surface area contributed by atoms with Crippen LogP contribution in [0.5, 0.6) is 11.5 Å². The quantitative estimate of drug-likeness (QED) is 0.781. The lowest BCUT2D eigenvalue weighted by molar-refractivity contribution is 0.173. The summed E-state index contributed by atoms with van der Waals surface area (Å²) in [6.45, 7) is 6.72. The van der Waals surface area contributed by atoms with Gasteiger partial charge in [0.2, 0.25) is 6.79 Å². The highest BCUT2D eigenvalue weighted by Gasteiger charge is 2.33. The van der Waals surface area contributed by atoms with E-state index in [0.717, 1.165) is 43.2 Å². The number of ether oxygens (including phenoxy) is 3. The Morgan fingerprint density at radius 1 is 1.30 bits per heavy atom. The Hall–Kier alpha value is -1.94. The van der Waals surface area contributed by atoms with E-state index in [4.69, 9.17) is 14.2 Å². The molecular formula is C19H23NO3. The Kier molecular flexibility index (Phi) is 3.57. The summed E-state index contributed by atoms with van der Waals surface area (Å²) in [6, 6.07) is 4.79. The number of rotatable bonds is 2. The molecule has 0 aliphatic carbocycles. The number of allylic oxidation sites excluding steroid dienone is 2. The lowest BCUT2D eigenvalue weighted by atomic mass is 9.84. The largest absolute Gasteiger partial charge is 0.501 e. The molecular weight excluding hydrogens is 290 g/mol. The summed E-state index contributed by atoms with van der Waals surface area (Å²) in [5.41, 5.74) is 5.65. The number of methoxy groups -OCH3 is 1. The molecule has 1 aromatic rings. The maximum atomic E-state index is 5.59. The minimum absolute atomic E-state index is 0.340. The van der Waals surface area contributed by atoms with Gasteiger partial charge >= 0.3 is 0 Å². The Morgan fingerprint density at radius 2 is 2.09 bits per heavy atom. The molecule has 0 saturated heterocycles. The summed E-state index contributed by atoms with van der Waals surface area (Å²) < 4.78 is 16.5. The van der Waals surface area contributed by atoms with Crippen LogP contribution in [0.4, 0.5) is 0 Å². The third-order valence-corrected chi connectivity index (χ3v) is 5.20. The standard InChI is InChI=1S/C19H23NO3/c1-12-10-20-5-4-14-8-18-19(23-11-22-18)9-16(14)17(20)7-15(12)6-13(2)21-3/h6,8-9,17H,4-5,7,10-11H2,1-3H3/b13-6+/t17-/m0/s1. The van der Waals surface area contributed by atoms with Gasteiger partial charge in [0.1, 0.15) is 0 Å². The van der Waals surface area contributed by atoms with Crippen LogP contribution in [0, 0.1) is 0 Å². The maximum absolute atomic E-state index is 5.59. The molecule has 1 atom stereocenters. The van der Waals surface area contributed by atoms with E-state index < -0.39 is 0 Å². The van der Waals surface area contributed by atoms with Crippen molar-refractivity contribution in [3.63, 3.8) is 0 Å². The van der Waals surface area contributed by atoms with E-state index in [-0.39, 0.29) is 0 Å². The normalized spacial score (nSPS) is 23.6. The summed E-state index contributed by atoms with van der Waals surface area (Å²) in [6.07, 6.45) is 4.30. The van der Waals surface area contributed by atoms with Crippen LogP contribution in [0.2, 0.25) is 0 Å². The second kappa shape index (κ2) is 5.60. The first-order chi connectivity index (χ1) is 11.2. The van der Waals surface area contributed by atoms with E-state index in [1.807, 2.05) is 6.92 Å². The molecule has 3 aliphatic heterocycles. The minimum Gasteiger partial charge on any atom is -0.501 e. The molecule has 0 fully saturated rings. The molecule has 23 heavy (non-hydrogen) atoms. The number of hydrogen-bond acceptors (Lipinski definition) is 4. The number of hydrogen-bond donors (Lipinski definition) is 0. The fraction of sp³-hybridized carbons (Fsp3) is 0.474. The smallest absolute Gasteiger partial charge is 0.231 e. The molecule has 0 amide bonds. The van der Waals surface area contributed by atoms with E-state index in [1.165, 1.54) is 22.3 Å². The lowest BCUT2D eigenvalue weighted by Crippen LogP contribution is -2.39. The maximum Gasteiger partial charge on any atom is 0.231 e. The highest BCUT2D eigenvalue weighted by Crippen LogP contribution is 2.44. The van der Waals surface area contributed by atoms with Crippen molar-refractivity contribution in [1.82, 2.24) is 4.90 Å². The number of fused-ring (bicyclic) bond motifs is 4. The van der Waals surface area contributed by atoms with Crippen LogP contribution in [0.15, 0.2) is 35.1 Å². The predicted molar refractivity (Wildman–Crippen MR) is 88.7 cm³/mol. The first-order valence-corrected chi connectivity index (χ1v) is 8.23. The van der Waals surface area contributed by atoms with Crippen molar-refractivity contribution in [2.45, 2.75) is 32.7 Å². The molecule has 4 rings (SSSR count). The van der Waals surface area contributed by atoms with Gasteiger partial charge in [-0.1, -0.05) is 5.57 Å². The molecule has 0 unspecified atom stereocenters. The third-order valence-electron chi connectivity index (χ3n) is 5.20. The van der Waals surface area contributed by atoms with Gasteiger partial charge in [-0.2, -0.15) is 0 Å². The van der Waals surface area contributed by atoms with Gasteiger partial charge in [-0.15, -0.1) is 0 Å². The fourth-order valence-electron chi connectivity index (χ4n) is 3.85. The SMILES string of the molecule is CO/C(C)=C/C1=C(C)CN2CCc3cc4c(cc3[C@@H]2C1)OCO4. The molecule has 0 bridgehead atoms. The van der Waals surface area contributed by atoms with E-state index >= 15 is 0 Å². The zero-order chi connectivity index (χ0) is 16.0. The van der Waals surface area contributed by atoms with Crippen LogP contribution in [-0.2, 0) is 11.2 Å². The molecule has 3 aliphatic rings. The zero-order valence-corrected chi connectivity index (χ0v) is 14.0. The minimum atomic E-state index is 0.340. The Bertz CT molecular complexity index is 705. The summed E-state index contributed by atoms with van der Waals surface area (Å²) >= 11 is 0. The highest BCUT2D eigenvalue weighted by atomic mass is 16.7. The van der Waals surface area contributed by atoms with Crippen LogP contribution in [0.3, 0.4) is 0 Å². The predicted octanol–water partition coefficient (Wildman–Crippen LogP) is 3.58. The van der Waals surface area contributed by atoms with Gasteiger partial charge in [0.25, 0.3) is 0 Å². The summed E-state index contributed by atoms with van der Waals surface area (Å²) in [5, 5.41) is 0. The fourth-order valence-corrected chi connectivity index (χ4v) is 3.85. The molecule has 0 aromatic heterocycles. The number of benzene rings is 1. The first-order valence-electron chi connectivity index (χ1n) is 8.23. The molecule has 122 valence electrons. The topological polar surface area (TPSA) is 30.9 Å². The monoisotopic (exact) mass is 313 g/mol. The Labute approximate surface area is 137 Å². The zero-order valence-electron chi connectivity index (χ0n) is 14.0. The average Bonchev–Trinajstić information content (AvgIpc) is 3.01. The van der Waals surface area contributed by atoms with E-state index in [2.05, 4.69) is 30.0 Å². The third kappa shape index (κ3) is 2.51. The molecule has 1 aromatic carbocycles. The van der Waals surface area contributed by atoms with Gasteiger partial charge in [-0.3, -0.25) is 4.90 Å². The van der Waals surface area contributed by atoms with Crippen LogP contribution in [0.25, 0.3) is 0 Å². The second-order valence-corrected chi connectivity index (χ2v) is 6.61. The van der Waals surface area contributed by atoms with Crippen molar-refractivity contribution in [3.05, 3.63) is 46.2 Å². The van der Waals surface area contributed by atoms with Crippen molar-refractivity contribution in [2.24, 2.45) is 0 Å². The van der Waals surface area contributed by atoms with Crippen molar-refractivity contribution in [3.8, 4) is 11.5 Å². The van der Waals surface area contributed by atoms with Crippen molar-refractivity contribution >= 4 is 0 Å². The van der Waals surface area contributed by atoms with Crippen molar-refractivity contribution < 1.29 is 14.2 Å².